The number of carbonyl (C=O) groups is 2. The van der Waals surface area contributed by atoms with E-state index in [0.717, 1.165) is 52.7 Å². The van der Waals surface area contributed by atoms with Crippen molar-refractivity contribution >= 4 is 33.4 Å². The molecular weight excluding hydrogens is 496 g/mol. The van der Waals surface area contributed by atoms with Crippen molar-refractivity contribution in [2.75, 3.05) is 11.9 Å². The molecule has 0 radical (unpaired) electrons. The first-order chi connectivity index (χ1) is 16.0. The van der Waals surface area contributed by atoms with Gasteiger partial charge in [0.15, 0.2) is 0 Å². The number of pyridine rings is 1. The second-order valence-electron chi connectivity index (χ2n) is 9.41. The summed E-state index contributed by atoms with van der Waals surface area (Å²) in [5.41, 5.74) is 4.78. The van der Waals surface area contributed by atoms with Gasteiger partial charge in [-0.1, -0.05) is 15.9 Å². The second-order valence-corrected chi connectivity index (χ2v) is 10.3. The Morgan fingerprint density at radius 1 is 1.12 bits per heavy atom. The zero-order valence-corrected chi connectivity index (χ0v) is 22.5. The highest BCUT2D eigenvalue weighted by atomic mass is 79.9. The predicted molar refractivity (Wildman–Crippen MR) is 139 cm³/mol. The minimum Gasteiger partial charge on any atom is -0.371 e. The van der Waals surface area contributed by atoms with Crippen LogP contribution in [0.1, 0.15) is 65.3 Å². The maximum atomic E-state index is 13.2. The fourth-order valence-electron chi connectivity index (χ4n) is 4.87. The molecule has 2 N–H and O–H groups in total. The number of anilines is 1. The van der Waals surface area contributed by atoms with Crippen LogP contribution in [0.4, 0.5) is 5.69 Å². The number of amides is 2. The minimum absolute atomic E-state index is 0.0222. The summed E-state index contributed by atoms with van der Waals surface area (Å²) in [6, 6.07) is 6.42. The normalized spacial score (nSPS) is 17.9. The molecule has 0 bridgehead atoms. The average Bonchev–Trinajstić information content (AvgIpc) is 2.78. The molecule has 7 nitrogen and oxygen atoms in total. The zero-order chi connectivity index (χ0) is 25.2. The van der Waals surface area contributed by atoms with E-state index in [1.54, 1.807) is 18.5 Å². The number of rotatable bonds is 6. The van der Waals surface area contributed by atoms with Gasteiger partial charge in [-0.25, -0.2) is 0 Å². The van der Waals surface area contributed by atoms with Crippen LogP contribution in [0, 0.1) is 20.8 Å². The molecule has 0 spiro atoms. The van der Waals surface area contributed by atoms with E-state index in [-0.39, 0.29) is 30.0 Å². The monoisotopic (exact) mass is 530 g/mol. The summed E-state index contributed by atoms with van der Waals surface area (Å²) in [5.74, 6) is -0.182. The smallest absolute Gasteiger partial charge is 0.255 e. The van der Waals surface area contributed by atoms with E-state index < -0.39 is 0 Å². The lowest BCUT2D eigenvalue weighted by Gasteiger charge is -2.37. The number of nitrogens with one attached hydrogen (secondary N) is 2. The number of aryl methyl sites for hydroxylation is 2. The third-order valence-electron chi connectivity index (χ3n) is 7.04. The van der Waals surface area contributed by atoms with Gasteiger partial charge in [-0.15, -0.1) is 0 Å². The van der Waals surface area contributed by atoms with Crippen LogP contribution >= 0.6 is 15.9 Å². The number of hydrogen-bond acceptors (Lipinski definition) is 4. The first-order valence-corrected chi connectivity index (χ1v) is 12.5. The topological polar surface area (TPSA) is 83.4 Å². The molecule has 1 aliphatic rings. The molecule has 0 unspecified atom stereocenters. The number of aromatic nitrogens is 1. The number of halogens is 1. The molecule has 1 heterocycles. The van der Waals surface area contributed by atoms with Crippen LogP contribution in [-0.2, 0) is 18.4 Å². The van der Waals surface area contributed by atoms with Crippen LogP contribution < -0.4 is 21.1 Å². The molecule has 1 aromatic heterocycles. The van der Waals surface area contributed by atoms with Gasteiger partial charge < -0.3 is 20.1 Å². The van der Waals surface area contributed by atoms with E-state index >= 15 is 0 Å². The van der Waals surface area contributed by atoms with E-state index in [0.29, 0.717) is 17.2 Å². The van der Waals surface area contributed by atoms with Crippen molar-refractivity contribution in [2.45, 2.75) is 72.0 Å². The summed E-state index contributed by atoms with van der Waals surface area (Å²) < 4.78 is 2.44. The van der Waals surface area contributed by atoms with Gasteiger partial charge in [-0.05, 0) is 75.8 Å². The summed E-state index contributed by atoms with van der Waals surface area (Å²) in [5, 5.41) is 5.98. The quantitative estimate of drug-likeness (QED) is 0.593. The lowest BCUT2D eigenvalue weighted by molar-refractivity contribution is -0.119. The van der Waals surface area contributed by atoms with Gasteiger partial charge in [0.1, 0.15) is 0 Å². The summed E-state index contributed by atoms with van der Waals surface area (Å²) in [4.78, 5) is 39.4. The summed E-state index contributed by atoms with van der Waals surface area (Å²) in [7, 11) is 3.81. The lowest BCUT2D eigenvalue weighted by Crippen LogP contribution is -2.42. The minimum atomic E-state index is -0.204. The molecule has 1 aliphatic carbocycles. The van der Waals surface area contributed by atoms with E-state index in [4.69, 9.17) is 0 Å². The van der Waals surface area contributed by atoms with Gasteiger partial charge >= 0.3 is 0 Å². The van der Waals surface area contributed by atoms with Crippen molar-refractivity contribution in [3.8, 4) is 0 Å². The number of carbonyl (C=O) groups excluding carboxylic acids is 2. The maximum absolute atomic E-state index is 13.2. The highest BCUT2D eigenvalue weighted by Crippen LogP contribution is 2.32. The number of benzene rings is 1. The standard InChI is InChI=1S/C26H35BrN4O3/c1-15-11-16(2)30(5)26(34)23(15)14-28-25(33)22-12-19(27)13-24(17(22)3)31(6)21-9-7-20(8-10-21)29-18(4)32/h11-13,20-21H,7-10,14H2,1-6H3,(H,28,33)(H,29,32). The average molecular weight is 531 g/mol. The van der Waals surface area contributed by atoms with Crippen molar-refractivity contribution in [3.63, 3.8) is 0 Å². The van der Waals surface area contributed by atoms with Crippen molar-refractivity contribution in [1.82, 2.24) is 15.2 Å². The molecular formula is C26H35BrN4O3. The van der Waals surface area contributed by atoms with Gasteiger partial charge in [0.25, 0.3) is 11.5 Å². The maximum Gasteiger partial charge on any atom is 0.255 e. The molecule has 2 amide bonds. The lowest BCUT2D eigenvalue weighted by atomic mass is 9.89. The predicted octanol–water partition coefficient (Wildman–Crippen LogP) is 3.89. The Hall–Kier alpha value is -2.61. The molecule has 34 heavy (non-hydrogen) atoms. The van der Waals surface area contributed by atoms with Crippen LogP contribution in [0.5, 0.6) is 0 Å². The fraction of sp³-hybridized carbons (Fsp3) is 0.500. The van der Waals surface area contributed by atoms with Crippen LogP contribution in [-0.4, -0.2) is 35.5 Å². The van der Waals surface area contributed by atoms with Crippen LogP contribution in [0.15, 0.2) is 27.5 Å². The first-order valence-electron chi connectivity index (χ1n) is 11.7. The van der Waals surface area contributed by atoms with Crippen LogP contribution in [0.25, 0.3) is 0 Å². The van der Waals surface area contributed by atoms with Crippen LogP contribution in [0.3, 0.4) is 0 Å². The molecule has 1 fully saturated rings. The number of nitrogens with zero attached hydrogens (tertiary/aromatic N) is 2. The van der Waals surface area contributed by atoms with Crippen molar-refractivity contribution in [1.29, 1.82) is 0 Å². The van der Waals surface area contributed by atoms with Gasteiger partial charge in [-0.2, -0.15) is 0 Å². The summed E-state index contributed by atoms with van der Waals surface area (Å²) in [6.07, 6.45) is 3.84. The third-order valence-corrected chi connectivity index (χ3v) is 7.50. The zero-order valence-electron chi connectivity index (χ0n) is 20.9. The molecule has 184 valence electrons. The Labute approximate surface area is 210 Å². The van der Waals surface area contributed by atoms with E-state index in [2.05, 4.69) is 38.5 Å². The largest absolute Gasteiger partial charge is 0.371 e. The van der Waals surface area contributed by atoms with Gasteiger partial charge in [0.2, 0.25) is 5.91 Å². The van der Waals surface area contributed by atoms with E-state index in [1.165, 1.54) is 0 Å². The Kier molecular flexibility index (Phi) is 8.23. The molecule has 3 rings (SSSR count). The fourth-order valence-corrected chi connectivity index (χ4v) is 5.31. The van der Waals surface area contributed by atoms with Gasteiger partial charge in [-0.3, -0.25) is 14.4 Å². The van der Waals surface area contributed by atoms with Gasteiger partial charge in [0, 0.05) is 66.6 Å². The Morgan fingerprint density at radius 3 is 2.38 bits per heavy atom. The molecule has 0 aliphatic heterocycles. The Morgan fingerprint density at radius 2 is 1.76 bits per heavy atom. The molecule has 1 saturated carbocycles. The van der Waals surface area contributed by atoms with Crippen LogP contribution in [0.2, 0.25) is 0 Å². The molecule has 1 aromatic carbocycles. The van der Waals surface area contributed by atoms with E-state index in [9.17, 15) is 14.4 Å². The highest BCUT2D eigenvalue weighted by Gasteiger charge is 2.26. The first kappa shape index (κ1) is 26.0. The highest BCUT2D eigenvalue weighted by molar-refractivity contribution is 9.10. The molecule has 0 saturated heterocycles. The van der Waals surface area contributed by atoms with E-state index in [1.807, 2.05) is 39.0 Å². The molecule has 0 atom stereocenters. The third kappa shape index (κ3) is 5.71. The van der Waals surface area contributed by atoms with Gasteiger partial charge in [0.05, 0.1) is 0 Å². The number of hydrogen-bond donors (Lipinski definition) is 2. The van der Waals surface area contributed by atoms with Crippen molar-refractivity contribution in [2.24, 2.45) is 7.05 Å². The SMILES string of the molecule is CC(=O)NC1CCC(N(C)c2cc(Br)cc(C(=O)NCc3c(C)cc(C)n(C)c3=O)c2C)CC1. The summed E-state index contributed by atoms with van der Waals surface area (Å²) in [6.45, 7) is 7.50. The van der Waals surface area contributed by atoms with Crippen molar-refractivity contribution in [3.05, 3.63) is 61.0 Å². The Balaban J connectivity index is 1.76. The second kappa shape index (κ2) is 10.8. The van der Waals surface area contributed by atoms with Crippen molar-refractivity contribution < 1.29 is 9.59 Å². The summed E-state index contributed by atoms with van der Waals surface area (Å²) >= 11 is 3.57. The Bertz CT molecular complexity index is 1150. The molecule has 8 heteroatoms. The molecule has 2 aromatic rings.